The van der Waals surface area contributed by atoms with Gasteiger partial charge in [-0.1, -0.05) is 43.5 Å². The Balaban J connectivity index is 1.86. The van der Waals surface area contributed by atoms with Crippen molar-refractivity contribution in [3.05, 3.63) is 35.4 Å². The highest BCUT2D eigenvalue weighted by Crippen LogP contribution is 2.23. The van der Waals surface area contributed by atoms with Gasteiger partial charge in [0.1, 0.15) is 12.2 Å². The van der Waals surface area contributed by atoms with E-state index in [0.29, 0.717) is 0 Å². The number of aryl methyl sites for hydroxylation is 1. The van der Waals surface area contributed by atoms with E-state index >= 15 is 0 Å². The van der Waals surface area contributed by atoms with Crippen molar-refractivity contribution in [1.29, 1.82) is 0 Å². The molecule has 4 nitrogen and oxygen atoms in total. The molecule has 2 unspecified atom stereocenters. The molecule has 4 heteroatoms. The number of rotatable bonds is 4. The largest absolute Gasteiger partial charge is 0.443 e. The van der Waals surface area contributed by atoms with Crippen LogP contribution in [0.25, 0.3) is 0 Å². The first-order valence-corrected chi connectivity index (χ1v) is 7.78. The number of hydrogen-bond acceptors (Lipinski definition) is 3. The second kappa shape index (κ2) is 7.46. The molecule has 0 aliphatic heterocycles. The molecule has 1 fully saturated rings. The van der Waals surface area contributed by atoms with Gasteiger partial charge in [0, 0.05) is 6.04 Å². The van der Waals surface area contributed by atoms with E-state index in [4.69, 9.17) is 4.74 Å². The molecule has 2 N–H and O–H groups in total. The van der Waals surface area contributed by atoms with Crippen LogP contribution in [0.15, 0.2) is 24.3 Å². The number of hydrogen-bond donors (Lipinski definition) is 2. The Morgan fingerprint density at radius 2 is 1.95 bits per heavy atom. The molecule has 1 aromatic carbocycles. The predicted molar refractivity (Wildman–Crippen MR) is 82.1 cm³/mol. The quantitative estimate of drug-likeness (QED) is 0.893. The zero-order valence-electron chi connectivity index (χ0n) is 12.8. The Hall–Kier alpha value is -1.55. The summed E-state index contributed by atoms with van der Waals surface area (Å²) in [6.45, 7) is 3.66. The number of alkyl carbamates (subject to hydrolysis) is 1. The molecule has 0 spiro atoms. The maximum absolute atomic E-state index is 11.9. The van der Waals surface area contributed by atoms with Gasteiger partial charge in [0.15, 0.2) is 0 Å². The van der Waals surface area contributed by atoms with E-state index in [2.05, 4.69) is 5.32 Å². The zero-order chi connectivity index (χ0) is 15.2. The smallest absolute Gasteiger partial charge is 0.407 e. The van der Waals surface area contributed by atoms with Crippen molar-refractivity contribution < 1.29 is 14.6 Å². The first-order chi connectivity index (χ1) is 10.1. The number of amides is 1. The number of nitrogens with one attached hydrogen (secondary N) is 1. The Morgan fingerprint density at radius 1 is 1.29 bits per heavy atom. The molecule has 21 heavy (non-hydrogen) atoms. The Kier molecular flexibility index (Phi) is 5.62. The molecular weight excluding hydrogens is 266 g/mol. The number of ether oxygens (including phenoxy) is 1. The fraction of sp³-hybridized carbons (Fsp3) is 0.588. The van der Waals surface area contributed by atoms with E-state index in [1.807, 2.05) is 31.2 Å². The van der Waals surface area contributed by atoms with E-state index in [1.165, 1.54) is 6.42 Å². The van der Waals surface area contributed by atoms with Crippen LogP contribution in [0, 0.1) is 6.92 Å². The van der Waals surface area contributed by atoms with Crippen LogP contribution in [0.4, 0.5) is 4.79 Å². The Bertz CT molecular complexity index is 469. The maximum Gasteiger partial charge on any atom is 0.407 e. The molecule has 2 atom stereocenters. The highest BCUT2D eigenvalue weighted by atomic mass is 16.6. The second-order valence-electron chi connectivity index (χ2n) is 5.89. The molecule has 116 valence electrons. The third kappa shape index (κ3) is 4.46. The van der Waals surface area contributed by atoms with Crippen LogP contribution >= 0.6 is 0 Å². The number of carbonyl (C=O) groups excluding carboxylic acids is 1. The van der Waals surface area contributed by atoms with Crippen LogP contribution in [-0.4, -0.2) is 23.3 Å². The Morgan fingerprint density at radius 3 is 2.62 bits per heavy atom. The van der Waals surface area contributed by atoms with Gasteiger partial charge < -0.3 is 15.2 Å². The summed E-state index contributed by atoms with van der Waals surface area (Å²) in [4.78, 5) is 11.9. The highest BCUT2D eigenvalue weighted by molar-refractivity contribution is 5.67. The topological polar surface area (TPSA) is 58.6 Å². The maximum atomic E-state index is 11.9. The molecule has 1 aromatic rings. The lowest BCUT2D eigenvalue weighted by Gasteiger charge is -2.25. The van der Waals surface area contributed by atoms with Gasteiger partial charge in [0.25, 0.3) is 0 Å². The molecule has 0 heterocycles. The number of benzene rings is 1. The lowest BCUT2D eigenvalue weighted by Crippen LogP contribution is -2.39. The molecule has 2 rings (SSSR count). The highest BCUT2D eigenvalue weighted by Gasteiger charge is 2.23. The minimum Gasteiger partial charge on any atom is -0.443 e. The van der Waals surface area contributed by atoms with E-state index in [-0.39, 0.29) is 6.04 Å². The van der Waals surface area contributed by atoms with E-state index < -0.39 is 18.3 Å². The van der Waals surface area contributed by atoms with Crippen LogP contribution in [-0.2, 0) is 4.74 Å². The molecular formula is C17H25NO3. The van der Waals surface area contributed by atoms with Crippen LogP contribution < -0.4 is 5.32 Å². The van der Waals surface area contributed by atoms with E-state index in [1.54, 1.807) is 6.92 Å². The van der Waals surface area contributed by atoms with Gasteiger partial charge in [-0.25, -0.2) is 4.79 Å². The molecule has 0 bridgehead atoms. The van der Waals surface area contributed by atoms with Gasteiger partial charge >= 0.3 is 6.09 Å². The molecule has 0 aromatic heterocycles. The summed E-state index contributed by atoms with van der Waals surface area (Å²) >= 11 is 0. The fourth-order valence-electron chi connectivity index (χ4n) is 2.85. The average Bonchev–Trinajstić information content (AvgIpc) is 2.48. The van der Waals surface area contributed by atoms with Crippen molar-refractivity contribution in [2.75, 3.05) is 0 Å². The summed E-state index contributed by atoms with van der Waals surface area (Å²) in [6, 6.07) is 7.81. The third-order valence-electron chi connectivity index (χ3n) is 4.17. The van der Waals surface area contributed by atoms with Gasteiger partial charge in [-0.05, 0) is 37.8 Å². The SMILES string of the molecule is Cc1ccccc1C(O)C(C)OC(=O)NC1CCCCC1. The Labute approximate surface area is 126 Å². The third-order valence-corrected chi connectivity index (χ3v) is 4.17. The normalized spacial score (nSPS) is 18.8. The summed E-state index contributed by atoms with van der Waals surface area (Å²) in [6.07, 6.45) is 3.79. The summed E-state index contributed by atoms with van der Waals surface area (Å²) in [7, 11) is 0. The summed E-state index contributed by atoms with van der Waals surface area (Å²) in [5, 5.41) is 13.2. The monoisotopic (exact) mass is 291 g/mol. The van der Waals surface area contributed by atoms with Crippen molar-refractivity contribution in [1.82, 2.24) is 5.32 Å². The standard InChI is InChI=1S/C17H25NO3/c1-12-8-6-7-11-15(12)16(19)13(2)21-17(20)18-14-9-4-3-5-10-14/h6-8,11,13-14,16,19H,3-5,9-10H2,1-2H3,(H,18,20). The van der Waals surface area contributed by atoms with Gasteiger partial charge in [0.05, 0.1) is 0 Å². The average molecular weight is 291 g/mol. The number of aliphatic hydroxyl groups is 1. The van der Waals surface area contributed by atoms with Gasteiger partial charge in [0.2, 0.25) is 0 Å². The summed E-state index contributed by atoms with van der Waals surface area (Å²) < 4.78 is 5.32. The van der Waals surface area contributed by atoms with E-state index in [9.17, 15) is 9.90 Å². The van der Waals surface area contributed by atoms with Crippen LogP contribution in [0.3, 0.4) is 0 Å². The van der Waals surface area contributed by atoms with Gasteiger partial charge in [-0.3, -0.25) is 0 Å². The molecule has 0 radical (unpaired) electrons. The van der Waals surface area contributed by atoms with E-state index in [0.717, 1.165) is 36.8 Å². The second-order valence-corrected chi connectivity index (χ2v) is 5.89. The van der Waals surface area contributed by atoms with Crippen molar-refractivity contribution >= 4 is 6.09 Å². The molecule has 1 aliphatic carbocycles. The molecule has 0 saturated heterocycles. The van der Waals surface area contributed by atoms with Crippen molar-refractivity contribution in [3.63, 3.8) is 0 Å². The van der Waals surface area contributed by atoms with Crippen molar-refractivity contribution in [2.45, 2.75) is 64.2 Å². The van der Waals surface area contributed by atoms with Crippen molar-refractivity contribution in [3.8, 4) is 0 Å². The summed E-state index contributed by atoms with van der Waals surface area (Å²) in [5.74, 6) is 0. The number of carbonyl (C=O) groups is 1. The lowest BCUT2D eigenvalue weighted by atomic mass is 9.96. The lowest BCUT2D eigenvalue weighted by molar-refractivity contribution is 0.00996. The summed E-state index contributed by atoms with van der Waals surface area (Å²) in [5.41, 5.74) is 1.80. The number of aliphatic hydroxyl groups excluding tert-OH is 1. The first-order valence-electron chi connectivity index (χ1n) is 7.78. The predicted octanol–water partition coefficient (Wildman–Crippen LogP) is 3.48. The zero-order valence-corrected chi connectivity index (χ0v) is 12.8. The van der Waals surface area contributed by atoms with Gasteiger partial charge in [-0.2, -0.15) is 0 Å². The van der Waals surface area contributed by atoms with Crippen LogP contribution in [0.1, 0.15) is 56.3 Å². The van der Waals surface area contributed by atoms with Crippen LogP contribution in [0.5, 0.6) is 0 Å². The van der Waals surface area contributed by atoms with Crippen molar-refractivity contribution in [2.24, 2.45) is 0 Å². The molecule has 1 aliphatic rings. The minimum atomic E-state index is -0.802. The first kappa shape index (κ1) is 15.8. The fourth-order valence-corrected chi connectivity index (χ4v) is 2.85. The van der Waals surface area contributed by atoms with Crippen LogP contribution in [0.2, 0.25) is 0 Å². The molecule has 1 saturated carbocycles. The minimum absolute atomic E-state index is 0.217. The van der Waals surface area contributed by atoms with Gasteiger partial charge in [-0.15, -0.1) is 0 Å². The molecule has 1 amide bonds.